The Morgan fingerprint density at radius 2 is 1.71 bits per heavy atom. The van der Waals surface area contributed by atoms with Crippen LogP contribution < -0.4 is 21.4 Å². The lowest BCUT2D eigenvalue weighted by Crippen LogP contribution is -2.51. The van der Waals surface area contributed by atoms with Crippen LogP contribution in [-0.4, -0.2) is 58.4 Å². The molecule has 1 rings (SSSR count). The number of hydrogen-bond acceptors (Lipinski definition) is 7. The van der Waals surface area contributed by atoms with Crippen molar-refractivity contribution in [3.8, 4) is 0 Å². The normalized spacial score (nSPS) is 12.8. The minimum absolute atomic E-state index is 0.171. The highest BCUT2D eigenvalue weighted by atomic mass is 16.6. The maximum Gasteiger partial charge on any atom is 0.407 e. The Bertz CT molecular complexity index is 773. The van der Waals surface area contributed by atoms with Gasteiger partial charge in [0, 0.05) is 24.2 Å². The Morgan fingerprint density at radius 3 is 2.23 bits per heavy atom. The quantitative estimate of drug-likeness (QED) is 0.189. The van der Waals surface area contributed by atoms with Crippen LogP contribution in [0.5, 0.6) is 0 Å². The summed E-state index contributed by atoms with van der Waals surface area (Å²) in [7, 11) is 0. The van der Waals surface area contributed by atoms with Crippen LogP contribution in [0.1, 0.15) is 50.9 Å². The van der Waals surface area contributed by atoms with E-state index in [9.17, 15) is 24.3 Å². The van der Waals surface area contributed by atoms with Gasteiger partial charge in [0.05, 0.1) is 6.10 Å². The van der Waals surface area contributed by atoms with Crippen molar-refractivity contribution in [3.63, 3.8) is 0 Å². The molecule has 1 aromatic carbocycles. The molecule has 1 aromatic rings. The van der Waals surface area contributed by atoms with Gasteiger partial charge in [0.1, 0.15) is 11.6 Å². The second kappa shape index (κ2) is 11.9. The maximum atomic E-state index is 12.2. The molecule has 0 spiro atoms. The molecule has 6 N–H and O–H groups in total. The van der Waals surface area contributed by atoms with Gasteiger partial charge in [-0.3, -0.25) is 19.6 Å². The molecule has 31 heavy (non-hydrogen) atoms. The second-order valence-electron chi connectivity index (χ2n) is 7.83. The number of amides is 4. The third-order valence-electron chi connectivity index (χ3n) is 3.84. The number of carbonyl (C=O) groups is 4. The van der Waals surface area contributed by atoms with Crippen LogP contribution >= 0.6 is 0 Å². The van der Waals surface area contributed by atoms with Crippen LogP contribution in [0.2, 0.25) is 0 Å². The molecular weight excluding hydrogens is 408 g/mol. The van der Waals surface area contributed by atoms with Gasteiger partial charge in [0.25, 0.3) is 11.8 Å². The lowest BCUT2D eigenvalue weighted by Gasteiger charge is -2.19. The molecule has 2 atom stereocenters. The summed E-state index contributed by atoms with van der Waals surface area (Å²) in [4.78, 5) is 47.2. The Labute approximate surface area is 180 Å². The molecule has 0 radical (unpaired) electrons. The van der Waals surface area contributed by atoms with E-state index in [1.807, 2.05) is 0 Å². The molecule has 0 unspecified atom stereocenters. The fourth-order valence-electron chi connectivity index (χ4n) is 2.38. The summed E-state index contributed by atoms with van der Waals surface area (Å²) in [5, 5.41) is 25.8. The molecule has 172 valence electrons. The fourth-order valence-corrected chi connectivity index (χ4v) is 2.38. The van der Waals surface area contributed by atoms with Crippen LogP contribution in [0.15, 0.2) is 24.3 Å². The lowest BCUT2D eigenvalue weighted by molar-refractivity contribution is -0.133. The third kappa shape index (κ3) is 9.92. The summed E-state index contributed by atoms with van der Waals surface area (Å²) < 4.78 is 5.10. The van der Waals surface area contributed by atoms with Gasteiger partial charge < -0.3 is 25.8 Å². The Balaban J connectivity index is 2.47. The topological polar surface area (TPSA) is 166 Å². The minimum Gasteiger partial charge on any atom is -0.444 e. The highest BCUT2D eigenvalue weighted by molar-refractivity contribution is 5.98. The van der Waals surface area contributed by atoms with Crippen LogP contribution in [0.4, 0.5) is 10.5 Å². The van der Waals surface area contributed by atoms with Crippen molar-refractivity contribution in [2.45, 2.75) is 58.3 Å². The summed E-state index contributed by atoms with van der Waals surface area (Å²) in [5.41, 5.74) is 1.44. The molecule has 0 saturated heterocycles. The first-order valence-corrected chi connectivity index (χ1v) is 9.72. The largest absolute Gasteiger partial charge is 0.444 e. The zero-order valence-corrected chi connectivity index (χ0v) is 18.0. The van der Waals surface area contributed by atoms with Crippen LogP contribution in [-0.2, 0) is 14.3 Å². The molecule has 11 nitrogen and oxygen atoms in total. The van der Waals surface area contributed by atoms with E-state index in [0.29, 0.717) is 12.1 Å². The van der Waals surface area contributed by atoms with E-state index in [-0.39, 0.29) is 24.4 Å². The van der Waals surface area contributed by atoms with Crippen LogP contribution in [0.25, 0.3) is 0 Å². The van der Waals surface area contributed by atoms with E-state index >= 15 is 0 Å². The van der Waals surface area contributed by atoms with Crippen molar-refractivity contribution < 1.29 is 34.2 Å². The monoisotopic (exact) mass is 438 g/mol. The standard InChI is InChI=1S/C20H30N4O7/c1-12(25)16(18(28)24-30)23-17(27)13-7-9-14(10-8-13)22-15(26)6-5-11-21-19(29)31-20(2,3)4/h7-10,12,16,25,30H,5-6,11H2,1-4H3,(H,21,29)(H,22,26)(H,23,27)(H,24,28)/t12-,16+/m1/s1. The number of aliphatic hydroxyl groups is 1. The highest BCUT2D eigenvalue weighted by Crippen LogP contribution is 2.11. The predicted octanol–water partition coefficient (Wildman–Crippen LogP) is 0.915. The number of hydroxylamine groups is 1. The van der Waals surface area contributed by atoms with Crippen molar-refractivity contribution in [2.24, 2.45) is 0 Å². The predicted molar refractivity (Wildman–Crippen MR) is 111 cm³/mol. The molecule has 0 aliphatic carbocycles. The van der Waals surface area contributed by atoms with Crippen LogP contribution in [0, 0.1) is 0 Å². The summed E-state index contributed by atoms with van der Waals surface area (Å²) in [5.74, 6) is -1.86. The summed E-state index contributed by atoms with van der Waals surface area (Å²) >= 11 is 0. The zero-order chi connectivity index (χ0) is 23.6. The fraction of sp³-hybridized carbons (Fsp3) is 0.500. The number of alkyl carbamates (subject to hydrolysis) is 1. The number of aliphatic hydroxyl groups excluding tert-OH is 1. The summed E-state index contributed by atoms with van der Waals surface area (Å²) in [6.07, 6.45) is -1.18. The average Bonchev–Trinajstić information content (AvgIpc) is 2.67. The molecule has 0 bridgehead atoms. The van der Waals surface area contributed by atoms with Gasteiger partial charge in [-0.15, -0.1) is 0 Å². The molecule has 0 aliphatic heterocycles. The number of carbonyl (C=O) groups excluding carboxylic acids is 4. The first kappa shape index (κ1) is 25.9. The van der Waals surface area contributed by atoms with Gasteiger partial charge in [-0.2, -0.15) is 0 Å². The van der Waals surface area contributed by atoms with Gasteiger partial charge >= 0.3 is 6.09 Å². The summed E-state index contributed by atoms with van der Waals surface area (Å²) in [6, 6.07) is 4.56. The molecule has 0 aliphatic rings. The van der Waals surface area contributed by atoms with Gasteiger partial charge in [0.2, 0.25) is 5.91 Å². The van der Waals surface area contributed by atoms with E-state index in [4.69, 9.17) is 9.94 Å². The molecule has 4 amide bonds. The minimum atomic E-state index is -1.33. The first-order valence-electron chi connectivity index (χ1n) is 9.72. The number of hydrogen-bond donors (Lipinski definition) is 6. The molecule has 0 heterocycles. The molecular formula is C20H30N4O7. The van der Waals surface area contributed by atoms with Gasteiger partial charge in [-0.05, 0) is 58.4 Å². The smallest absolute Gasteiger partial charge is 0.407 e. The SMILES string of the molecule is C[C@@H](O)[C@H](NC(=O)c1ccc(NC(=O)CCCNC(=O)OC(C)(C)C)cc1)C(=O)NO. The van der Waals surface area contributed by atoms with Crippen molar-refractivity contribution in [1.82, 2.24) is 16.1 Å². The van der Waals surface area contributed by atoms with E-state index in [1.54, 1.807) is 20.8 Å². The number of ether oxygens (including phenoxy) is 1. The van der Waals surface area contributed by atoms with Crippen LogP contribution in [0.3, 0.4) is 0 Å². The number of anilines is 1. The van der Waals surface area contributed by atoms with Crippen molar-refractivity contribution in [2.75, 3.05) is 11.9 Å². The van der Waals surface area contributed by atoms with E-state index in [2.05, 4.69) is 16.0 Å². The van der Waals surface area contributed by atoms with E-state index in [0.717, 1.165) is 0 Å². The maximum absolute atomic E-state index is 12.2. The van der Waals surface area contributed by atoms with E-state index < -0.39 is 35.7 Å². The number of nitrogens with one attached hydrogen (secondary N) is 4. The zero-order valence-electron chi connectivity index (χ0n) is 18.0. The Kier molecular flexibility index (Phi) is 9.90. The van der Waals surface area contributed by atoms with Crippen molar-refractivity contribution in [3.05, 3.63) is 29.8 Å². The summed E-state index contributed by atoms with van der Waals surface area (Å²) in [6.45, 7) is 6.85. The average molecular weight is 438 g/mol. The molecule has 0 aromatic heterocycles. The Morgan fingerprint density at radius 1 is 1.10 bits per heavy atom. The van der Waals surface area contributed by atoms with Gasteiger partial charge in [-0.1, -0.05) is 0 Å². The molecule has 0 saturated carbocycles. The lowest BCUT2D eigenvalue weighted by atomic mass is 10.1. The van der Waals surface area contributed by atoms with Gasteiger partial charge in [0.15, 0.2) is 0 Å². The van der Waals surface area contributed by atoms with Crippen molar-refractivity contribution >= 4 is 29.5 Å². The van der Waals surface area contributed by atoms with E-state index in [1.165, 1.54) is 36.7 Å². The Hall–Kier alpha value is -3.18. The number of rotatable bonds is 9. The van der Waals surface area contributed by atoms with Crippen molar-refractivity contribution in [1.29, 1.82) is 0 Å². The first-order chi connectivity index (χ1) is 14.4. The third-order valence-corrected chi connectivity index (χ3v) is 3.84. The highest BCUT2D eigenvalue weighted by Gasteiger charge is 2.25. The second-order valence-corrected chi connectivity index (χ2v) is 7.83. The molecule has 0 fully saturated rings. The van der Waals surface area contributed by atoms with Gasteiger partial charge in [-0.25, -0.2) is 10.3 Å². The number of benzene rings is 1. The molecule has 11 heteroatoms.